The van der Waals surface area contributed by atoms with Crippen LogP contribution in [0.3, 0.4) is 0 Å². The molecule has 2 saturated heterocycles. The van der Waals surface area contributed by atoms with Gasteiger partial charge in [0.25, 0.3) is 5.91 Å². The maximum atomic E-state index is 13.3. The van der Waals surface area contributed by atoms with Crippen LogP contribution in [0, 0.1) is 17.8 Å². The highest BCUT2D eigenvalue weighted by Gasteiger charge is 2.35. The first-order chi connectivity index (χ1) is 16.1. The monoisotopic (exact) mass is 449 g/mol. The molecular weight excluding hydrogens is 414 g/mol. The molecular formula is C27H35N3O3. The number of aryl methyl sites for hydroxylation is 1. The standard InChI is InChI=1S/C27H35N3O3/c1-29-24-6-4-19(17-9-12-33-13-10-17)14-22(24)23-15-20(5-7-25(23)29)27(32)30-11-8-21(16-30)28-26(31)18-2-3-18/h5,7,15,17-19,21H,2-4,6,8-14,16H2,1H3,(H,28,31)/t19-,21?/m0/s1. The Kier molecular flexibility index (Phi) is 5.44. The summed E-state index contributed by atoms with van der Waals surface area (Å²) in [7, 11) is 2.17. The number of ether oxygens (including phenoxy) is 1. The van der Waals surface area contributed by atoms with Crippen molar-refractivity contribution in [3.8, 4) is 0 Å². The van der Waals surface area contributed by atoms with Crippen LogP contribution in [-0.4, -0.2) is 53.6 Å². The second-order valence-corrected chi connectivity index (χ2v) is 10.7. The maximum absolute atomic E-state index is 13.3. The molecule has 2 atom stereocenters. The minimum atomic E-state index is 0.0921. The average Bonchev–Trinajstić information content (AvgIpc) is 3.55. The number of carbonyl (C=O) groups is 2. The first-order valence-electron chi connectivity index (χ1n) is 12.9. The quantitative estimate of drug-likeness (QED) is 0.778. The molecule has 4 aliphatic rings. The highest BCUT2D eigenvalue weighted by Crippen LogP contribution is 2.39. The molecule has 3 fully saturated rings. The number of nitrogens with zero attached hydrogens (tertiary/aromatic N) is 2. The zero-order valence-electron chi connectivity index (χ0n) is 19.6. The van der Waals surface area contributed by atoms with Gasteiger partial charge in [-0.05, 0) is 87.0 Å². The summed E-state index contributed by atoms with van der Waals surface area (Å²) in [6, 6.07) is 6.35. The fourth-order valence-corrected chi connectivity index (χ4v) is 6.44. The Bertz CT molecular complexity index is 1080. The molecule has 6 nitrogen and oxygen atoms in total. The molecule has 2 aliphatic carbocycles. The summed E-state index contributed by atoms with van der Waals surface area (Å²) in [5.74, 6) is 1.96. The number of aromatic nitrogens is 1. The van der Waals surface area contributed by atoms with E-state index in [9.17, 15) is 9.59 Å². The van der Waals surface area contributed by atoms with Crippen LogP contribution in [0.1, 0.15) is 60.1 Å². The average molecular weight is 450 g/mol. The van der Waals surface area contributed by atoms with Crippen LogP contribution >= 0.6 is 0 Å². The molecule has 6 rings (SSSR count). The van der Waals surface area contributed by atoms with E-state index in [0.29, 0.717) is 13.1 Å². The second-order valence-electron chi connectivity index (χ2n) is 10.7. The van der Waals surface area contributed by atoms with Crippen LogP contribution in [0.25, 0.3) is 10.9 Å². The summed E-state index contributed by atoms with van der Waals surface area (Å²) in [5, 5.41) is 4.40. The van der Waals surface area contributed by atoms with Crippen LogP contribution in [-0.2, 0) is 29.4 Å². The number of likely N-dealkylation sites (tertiary alicyclic amines) is 1. The van der Waals surface area contributed by atoms with E-state index in [1.165, 1.54) is 41.4 Å². The van der Waals surface area contributed by atoms with Crippen molar-refractivity contribution in [3.63, 3.8) is 0 Å². The molecule has 3 heterocycles. The summed E-state index contributed by atoms with van der Waals surface area (Å²) < 4.78 is 7.94. The van der Waals surface area contributed by atoms with E-state index in [2.05, 4.69) is 29.1 Å². The topological polar surface area (TPSA) is 63.6 Å². The summed E-state index contributed by atoms with van der Waals surface area (Å²) in [4.78, 5) is 27.4. The lowest BCUT2D eigenvalue weighted by atomic mass is 9.75. The Balaban J connectivity index is 1.21. The largest absolute Gasteiger partial charge is 0.381 e. The first kappa shape index (κ1) is 21.2. The Morgan fingerprint density at radius 1 is 1.03 bits per heavy atom. The van der Waals surface area contributed by atoms with Crippen LogP contribution in [0.15, 0.2) is 18.2 Å². The molecule has 0 spiro atoms. The number of hydrogen-bond donors (Lipinski definition) is 1. The van der Waals surface area contributed by atoms with Crippen LogP contribution in [0.2, 0.25) is 0 Å². The van der Waals surface area contributed by atoms with Crippen molar-refractivity contribution in [3.05, 3.63) is 35.0 Å². The Labute approximate surface area is 195 Å². The van der Waals surface area contributed by atoms with Gasteiger partial charge in [-0.3, -0.25) is 9.59 Å². The van der Waals surface area contributed by atoms with Gasteiger partial charge in [0.05, 0.1) is 0 Å². The van der Waals surface area contributed by atoms with Gasteiger partial charge < -0.3 is 19.5 Å². The van der Waals surface area contributed by atoms with Crippen LogP contribution in [0.4, 0.5) is 0 Å². The molecule has 1 aromatic heterocycles. The number of nitrogens with one attached hydrogen (secondary N) is 1. The second kappa shape index (κ2) is 8.46. The highest BCUT2D eigenvalue weighted by molar-refractivity contribution is 5.99. The number of benzene rings is 1. The Morgan fingerprint density at radius 3 is 2.64 bits per heavy atom. The first-order valence-corrected chi connectivity index (χ1v) is 12.9. The number of carbonyl (C=O) groups excluding carboxylic acids is 2. The van der Waals surface area contributed by atoms with E-state index in [1.807, 2.05) is 11.0 Å². The molecule has 33 heavy (non-hydrogen) atoms. The molecule has 6 heteroatoms. The van der Waals surface area contributed by atoms with Crippen molar-refractivity contribution in [1.29, 1.82) is 0 Å². The van der Waals surface area contributed by atoms with Gasteiger partial charge in [-0.25, -0.2) is 0 Å². The fourth-order valence-electron chi connectivity index (χ4n) is 6.44. The van der Waals surface area contributed by atoms with E-state index in [1.54, 1.807) is 0 Å². The smallest absolute Gasteiger partial charge is 0.253 e. The summed E-state index contributed by atoms with van der Waals surface area (Å²) >= 11 is 0. The molecule has 2 amide bonds. The summed E-state index contributed by atoms with van der Waals surface area (Å²) in [6.45, 7) is 3.14. The van der Waals surface area contributed by atoms with E-state index in [4.69, 9.17) is 4.74 Å². The lowest BCUT2D eigenvalue weighted by Gasteiger charge is -2.33. The van der Waals surface area contributed by atoms with E-state index >= 15 is 0 Å². The predicted molar refractivity (Wildman–Crippen MR) is 127 cm³/mol. The normalized spacial score (nSPS) is 25.9. The number of fused-ring (bicyclic) bond motifs is 3. The van der Waals surface area contributed by atoms with Crippen molar-refractivity contribution >= 4 is 22.7 Å². The Hall–Kier alpha value is -2.34. The number of rotatable bonds is 4. The van der Waals surface area contributed by atoms with E-state index in [-0.39, 0.29) is 23.8 Å². The third-order valence-electron chi connectivity index (χ3n) is 8.60. The minimum Gasteiger partial charge on any atom is -0.381 e. The molecule has 176 valence electrons. The number of hydrogen-bond acceptors (Lipinski definition) is 3. The van der Waals surface area contributed by atoms with Gasteiger partial charge in [0.2, 0.25) is 5.91 Å². The van der Waals surface area contributed by atoms with Gasteiger partial charge in [0, 0.05) is 67.5 Å². The van der Waals surface area contributed by atoms with Gasteiger partial charge in [-0.15, -0.1) is 0 Å². The maximum Gasteiger partial charge on any atom is 0.253 e. The van der Waals surface area contributed by atoms with Crippen molar-refractivity contribution in [2.24, 2.45) is 24.8 Å². The molecule has 1 aromatic carbocycles. The molecule has 1 saturated carbocycles. The third kappa shape index (κ3) is 3.96. The summed E-state index contributed by atoms with van der Waals surface area (Å²) in [6.07, 6.45) is 8.74. The molecule has 1 N–H and O–H groups in total. The van der Waals surface area contributed by atoms with Gasteiger partial charge in [-0.1, -0.05) is 0 Å². The lowest BCUT2D eigenvalue weighted by Crippen LogP contribution is -2.39. The molecule has 0 radical (unpaired) electrons. The molecule has 2 aromatic rings. The third-order valence-corrected chi connectivity index (χ3v) is 8.60. The SMILES string of the molecule is Cn1c2c(c3cc(C(=O)N4CCC(NC(=O)C5CC5)C4)ccc31)C[C@@H](C1CCOCC1)CC2. The van der Waals surface area contributed by atoms with Crippen molar-refractivity contribution in [1.82, 2.24) is 14.8 Å². The molecule has 1 unspecified atom stereocenters. The molecule has 2 aliphatic heterocycles. The number of amides is 2. The molecule has 0 bridgehead atoms. The highest BCUT2D eigenvalue weighted by atomic mass is 16.5. The Morgan fingerprint density at radius 2 is 1.85 bits per heavy atom. The van der Waals surface area contributed by atoms with E-state index < -0.39 is 0 Å². The van der Waals surface area contributed by atoms with Crippen LogP contribution < -0.4 is 5.32 Å². The van der Waals surface area contributed by atoms with Crippen LogP contribution in [0.5, 0.6) is 0 Å². The van der Waals surface area contributed by atoms with Gasteiger partial charge >= 0.3 is 0 Å². The van der Waals surface area contributed by atoms with Gasteiger partial charge in [-0.2, -0.15) is 0 Å². The van der Waals surface area contributed by atoms with E-state index in [0.717, 1.165) is 62.7 Å². The summed E-state index contributed by atoms with van der Waals surface area (Å²) in [5.41, 5.74) is 4.92. The van der Waals surface area contributed by atoms with Gasteiger partial charge in [0.15, 0.2) is 0 Å². The fraction of sp³-hybridized carbons (Fsp3) is 0.630. The van der Waals surface area contributed by atoms with Gasteiger partial charge in [0.1, 0.15) is 0 Å². The van der Waals surface area contributed by atoms with Crippen molar-refractivity contribution in [2.45, 2.75) is 57.4 Å². The van der Waals surface area contributed by atoms with Crippen molar-refractivity contribution < 1.29 is 14.3 Å². The predicted octanol–water partition coefficient (Wildman–Crippen LogP) is 3.45. The lowest BCUT2D eigenvalue weighted by molar-refractivity contribution is -0.122. The van der Waals surface area contributed by atoms with Crippen molar-refractivity contribution in [2.75, 3.05) is 26.3 Å². The minimum absolute atomic E-state index is 0.0921. The zero-order chi connectivity index (χ0) is 22.5. The zero-order valence-corrected chi connectivity index (χ0v) is 19.6.